The lowest BCUT2D eigenvalue weighted by Gasteiger charge is -2.20. The summed E-state index contributed by atoms with van der Waals surface area (Å²) in [6.07, 6.45) is 1.76. The minimum absolute atomic E-state index is 0.0239. The number of aliphatic hydroxyl groups is 3. The largest absolute Gasteiger partial charge is 0.396 e. The fraction of sp³-hybridized carbons (Fsp3) is 0.333. The molecule has 0 bridgehead atoms. The summed E-state index contributed by atoms with van der Waals surface area (Å²) in [5.41, 5.74) is 6.96. The van der Waals surface area contributed by atoms with Crippen molar-refractivity contribution < 1.29 is 15.3 Å². The molecule has 9 heteroatoms. The van der Waals surface area contributed by atoms with Crippen molar-refractivity contribution in [1.29, 1.82) is 0 Å². The molecule has 1 heterocycles. The van der Waals surface area contributed by atoms with Crippen molar-refractivity contribution in [3.63, 3.8) is 0 Å². The van der Waals surface area contributed by atoms with Crippen LogP contribution in [0.3, 0.4) is 0 Å². The highest BCUT2D eigenvalue weighted by Gasteiger charge is 2.41. The minimum atomic E-state index is -1.06. The molecule has 1 fully saturated rings. The van der Waals surface area contributed by atoms with Crippen molar-refractivity contribution in [1.82, 2.24) is 9.97 Å². The van der Waals surface area contributed by atoms with Gasteiger partial charge in [0.25, 0.3) is 0 Å². The van der Waals surface area contributed by atoms with E-state index in [0.29, 0.717) is 22.8 Å². The molecule has 2 aromatic rings. The van der Waals surface area contributed by atoms with Gasteiger partial charge in [0.05, 0.1) is 17.7 Å². The molecule has 1 aliphatic carbocycles. The van der Waals surface area contributed by atoms with E-state index in [1.165, 1.54) is 0 Å². The second-order valence-electron chi connectivity index (χ2n) is 6.40. The number of aliphatic hydroxyl groups excluding tert-OH is 3. The van der Waals surface area contributed by atoms with E-state index in [-0.39, 0.29) is 17.7 Å². The van der Waals surface area contributed by atoms with Gasteiger partial charge >= 0.3 is 0 Å². The molecule has 0 aliphatic heterocycles. The molecule has 0 radical (unpaired) electrons. The van der Waals surface area contributed by atoms with Gasteiger partial charge in [0.1, 0.15) is 17.1 Å². The van der Waals surface area contributed by atoms with Gasteiger partial charge in [-0.1, -0.05) is 47.5 Å². The second-order valence-corrected chi connectivity index (χ2v) is 7.17. The first-order chi connectivity index (χ1) is 12.9. The zero-order valence-corrected chi connectivity index (χ0v) is 15.8. The molecular formula is C18H20Cl2N4O3. The molecule has 1 saturated carbocycles. The molecule has 0 amide bonds. The fourth-order valence-corrected chi connectivity index (χ4v) is 3.56. The maximum atomic E-state index is 10.2. The molecule has 144 valence electrons. The summed E-state index contributed by atoms with van der Waals surface area (Å²) < 4.78 is 0. The lowest BCUT2D eigenvalue weighted by molar-refractivity contribution is 0.00445. The summed E-state index contributed by atoms with van der Waals surface area (Å²) in [7, 11) is 0. The third kappa shape index (κ3) is 4.34. The standard InChI is InChI=1S/C18H20Cl2N4O3/c19-12-4-2-1-3-9(12)5-6-11-16(20)23-18(21)24-17(11)22-13-7-10(8-25)14(26)15(13)27/h1-6,10,13-15,25-27H,7-8H2,(H3,21,22,23,24)/b6-5+/t10?,13?,14-,15+/m1/s1. The van der Waals surface area contributed by atoms with Gasteiger partial charge in [-0.3, -0.25) is 0 Å². The van der Waals surface area contributed by atoms with Crippen LogP contribution >= 0.6 is 23.2 Å². The molecule has 1 aromatic carbocycles. The highest BCUT2D eigenvalue weighted by atomic mass is 35.5. The minimum Gasteiger partial charge on any atom is -0.396 e. The van der Waals surface area contributed by atoms with Crippen LogP contribution in [0.4, 0.5) is 11.8 Å². The van der Waals surface area contributed by atoms with Crippen LogP contribution in [0.15, 0.2) is 24.3 Å². The van der Waals surface area contributed by atoms with E-state index in [1.54, 1.807) is 18.2 Å². The highest BCUT2D eigenvalue weighted by Crippen LogP contribution is 2.32. The average Bonchev–Trinajstić information content (AvgIpc) is 2.90. The Kier molecular flexibility index (Phi) is 6.18. The Morgan fingerprint density at radius 1 is 1.15 bits per heavy atom. The summed E-state index contributed by atoms with van der Waals surface area (Å²) in [4.78, 5) is 8.14. The molecule has 0 spiro atoms. The van der Waals surface area contributed by atoms with Crippen molar-refractivity contribution >= 4 is 47.1 Å². The Morgan fingerprint density at radius 3 is 2.56 bits per heavy atom. The van der Waals surface area contributed by atoms with Crippen LogP contribution in [0.2, 0.25) is 10.2 Å². The van der Waals surface area contributed by atoms with E-state index in [9.17, 15) is 15.3 Å². The first kappa shape index (κ1) is 19.9. The van der Waals surface area contributed by atoms with Crippen molar-refractivity contribution in [2.24, 2.45) is 5.92 Å². The summed E-state index contributed by atoms with van der Waals surface area (Å²) in [5.74, 6) is -0.121. The van der Waals surface area contributed by atoms with Gasteiger partial charge in [-0.05, 0) is 24.1 Å². The predicted molar refractivity (Wildman–Crippen MR) is 106 cm³/mol. The Labute approximate surface area is 166 Å². The molecular weight excluding hydrogens is 391 g/mol. The Balaban J connectivity index is 1.91. The summed E-state index contributed by atoms with van der Waals surface area (Å²) >= 11 is 12.4. The Bertz CT molecular complexity index is 849. The van der Waals surface area contributed by atoms with E-state index in [0.717, 1.165) is 5.56 Å². The molecule has 0 saturated heterocycles. The summed E-state index contributed by atoms with van der Waals surface area (Å²) in [6, 6.07) is 6.79. The van der Waals surface area contributed by atoms with Crippen molar-refractivity contribution in [3.8, 4) is 0 Å². The number of nitrogens with one attached hydrogen (secondary N) is 1. The fourth-order valence-electron chi connectivity index (χ4n) is 3.12. The van der Waals surface area contributed by atoms with Crippen molar-refractivity contribution in [3.05, 3.63) is 45.6 Å². The molecule has 4 atom stereocenters. The van der Waals surface area contributed by atoms with E-state index in [2.05, 4.69) is 15.3 Å². The molecule has 3 rings (SSSR count). The van der Waals surface area contributed by atoms with Crippen LogP contribution in [0.5, 0.6) is 0 Å². The number of aromatic nitrogens is 2. The number of halogens is 2. The number of rotatable bonds is 5. The van der Waals surface area contributed by atoms with Crippen LogP contribution < -0.4 is 11.1 Å². The maximum absolute atomic E-state index is 10.2. The third-order valence-electron chi connectivity index (χ3n) is 4.61. The SMILES string of the molecule is Nc1nc(Cl)c(/C=C/c2ccccc2Cl)c(NC2CC(CO)[C@@H](O)[C@H]2O)n1. The van der Waals surface area contributed by atoms with Gasteiger partial charge in [-0.2, -0.15) is 4.98 Å². The summed E-state index contributed by atoms with van der Waals surface area (Å²) in [6.45, 7) is -0.220. The smallest absolute Gasteiger partial charge is 0.223 e. The van der Waals surface area contributed by atoms with Gasteiger partial charge in [0.15, 0.2) is 0 Å². The van der Waals surface area contributed by atoms with Gasteiger partial charge in [0, 0.05) is 17.5 Å². The quantitative estimate of drug-likeness (QED) is 0.477. The normalized spacial score (nSPS) is 25.2. The van der Waals surface area contributed by atoms with E-state index in [1.807, 2.05) is 18.2 Å². The number of nitrogen functional groups attached to an aromatic ring is 1. The van der Waals surface area contributed by atoms with Crippen LogP contribution in [-0.2, 0) is 0 Å². The van der Waals surface area contributed by atoms with Gasteiger partial charge in [0.2, 0.25) is 5.95 Å². The molecule has 6 N–H and O–H groups in total. The summed E-state index contributed by atoms with van der Waals surface area (Å²) in [5, 5.41) is 33.3. The van der Waals surface area contributed by atoms with Crippen LogP contribution in [-0.4, -0.2) is 50.1 Å². The number of anilines is 2. The second kappa shape index (κ2) is 8.41. The number of nitrogens with zero attached hydrogens (tertiary/aromatic N) is 2. The molecule has 7 nitrogen and oxygen atoms in total. The van der Waals surface area contributed by atoms with Crippen LogP contribution in [0.25, 0.3) is 12.2 Å². The van der Waals surface area contributed by atoms with Crippen LogP contribution in [0.1, 0.15) is 17.5 Å². The molecule has 1 aliphatic rings. The van der Waals surface area contributed by atoms with Gasteiger partial charge in [-0.15, -0.1) is 0 Å². The van der Waals surface area contributed by atoms with Crippen molar-refractivity contribution in [2.45, 2.75) is 24.7 Å². The highest BCUT2D eigenvalue weighted by molar-refractivity contribution is 6.32. The molecule has 27 heavy (non-hydrogen) atoms. The van der Waals surface area contributed by atoms with Crippen molar-refractivity contribution in [2.75, 3.05) is 17.7 Å². The van der Waals surface area contributed by atoms with E-state index < -0.39 is 24.2 Å². The number of hydrogen-bond donors (Lipinski definition) is 5. The Morgan fingerprint density at radius 2 is 1.89 bits per heavy atom. The predicted octanol–water partition coefficient (Wildman–Crippen LogP) is 2.05. The van der Waals surface area contributed by atoms with E-state index in [4.69, 9.17) is 28.9 Å². The number of benzene rings is 1. The maximum Gasteiger partial charge on any atom is 0.223 e. The molecule has 2 unspecified atom stereocenters. The number of hydrogen-bond acceptors (Lipinski definition) is 7. The zero-order chi connectivity index (χ0) is 19.6. The van der Waals surface area contributed by atoms with Gasteiger partial charge in [-0.25, -0.2) is 4.98 Å². The zero-order valence-electron chi connectivity index (χ0n) is 14.3. The Hall–Kier alpha value is -1.90. The monoisotopic (exact) mass is 410 g/mol. The third-order valence-corrected chi connectivity index (χ3v) is 5.24. The van der Waals surface area contributed by atoms with E-state index >= 15 is 0 Å². The lowest BCUT2D eigenvalue weighted by Crippen LogP contribution is -2.35. The van der Waals surface area contributed by atoms with Gasteiger partial charge < -0.3 is 26.4 Å². The molecule has 1 aromatic heterocycles. The first-order valence-corrected chi connectivity index (χ1v) is 9.15. The lowest BCUT2D eigenvalue weighted by atomic mass is 10.1. The first-order valence-electron chi connectivity index (χ1n) is 8.40. The number of nitrogens with two attached hydrogens (primary N) is 1. The topological polar surface area (TPSA) is 125 Å². The van der Waals surface area contributed by atoms with Crippen LogP contribution in [0, 0.1) is 5.92 Å². The average molecular weight is 411 g/mol.